The molecule has 0 bridgehead atoms. The van der Waals surface area contributed by atoms with Crippen molar-refractivity contribution >= 4 is 38.7 Å². The van der Waals surface area contributed by atoms with Gasteiger partial charge in [-0.1, -0.05) is 6.07 Å². The van der Waals surface area contributed by atoms with Gasteiger partial charge in [0.15, 0.2) is 5.11 Å². The van der Waals surface area contributed by atoms with Gasteiger partial charge in [-0.05, 0) is 67.7 Å². The average molecular weight is 442 g/mol. The van der Waals surface area contributed by atoms with E-state index in [1.807, 2.05) is 36.4 Å². The number of pyridine rings is 1. The Morgan fingerprint density at radius 2 is 1.90 bits per heavy atom. The number of aryl methyl sites for hydroxylation is 1. The van der Waals surface area contributed by atoms with Crippen LogP contribution in [0.3, 0.4) is 0 Å². The molecule has 9 heteroatoms. The van der Waals surface area contributed by atoms with Crippen LogP contribution in [0, 0.1) is 0 Å². The summed E-state index contributed by atoms with van der Waals surface area (Å²) in [6.07, 6.45) is 4.97. The van der Waals surface area contributed by atoms with E-state index in [0.29, 0.717) is 10.8 Å². The summed E-state index contributed by atoms with van der Waals surface area (Å²) in [6.45, 7) is 2.95. The van der Waals surface area contributed by atoms with Crippen LogP contribution in [-0.4, -0.2) is 29.3 Å². The molecule has 2 aromatic heterocycles. The van der Waals surface area contributed by atoms with Gasteiger partial charge in [-0.2, -0.15) is 0 Å². The monoisotopic (exact) mass is 441 g/mol. The molecule has 4 rings (SSSR count). The highest BCUT2D eigenvalue weighted by molar-refractivity contribution is 7.92. The lowest BCUT2D eigenvalue weighted by Gasteiger charge is -2.29. The summed E-state index contributed by atoms with van der Waals surface area (Å²) in [7, 11) is -3.33. The summed E-state index contributed by atoms with van der Waals surface area (Å²) in [5, 5.41) is 4.03. The molecule has 0 amide bonds. The van der Waals surface area contributed by atoms with Crippen molar-refractivity contribution in [2.24, 2.45) is 0 Å². The largest absolute Gasteiger partial charge is 0.351 e. The third kappa shape index (κ3) is 4.03. The Labute approximate surface area is 181 Å². The first-order chi connectivity index (χ1) is 14.4. The Bertz CT molecular complexity index is 1140. The Hall–Kier alpha value is -2.91. The number of thiocarbonyl (C=S) groups is 1. The van der Waals surface area contributed by atoms with Crippen molar-refractivity contribution in [3.05, 3.63) is 78.4 Å². The highest BCUT2D eigenvalue weighted by atomic mass is 32.2. The predicted octanol–water partition coefficient (Wildman–Crippen LogP) is 3.45. The lowest BCUT2D eigenvalue weighted by Crippen LogP contribution is -2.30. The third-order valence-electron chi connectivity index (χ3n) is 5.06. The van der Waals surface area contributed by atoms with Gasteiger partial charge in [0.25, 0.3) is 0 Å². The molecule has 0 saturated carbocycles. The van der Waals surface area contributed by atoms with E-state index in [0.717, 1.165) is 29.9 Å². The fourth-order valence-corrected chi connectivity index (χ4v) is 4.73. The molecule has 156 valence electrons. The molecule has 1 aromatic carbocycles. The SMILES string of the molecule is CCn1cccc1[C@@H]1[C@H](c2ccccn2)NC(=S)N1c1ccc(NS(C)(=O)=O)cc1. The van der Waals surface area contributed by atoms with Crippen molar-refractivity contribution in [1.29, 1.82) is 0 Å². The second-order valence-corrected chi connectivity index (χ2v) is 9.27. The highest BCUT2D eigenvalue weighted by Crippen LogP contribution is 2.41. The van der Waals surface area contributed by atoms with Gasteiger partial charge in [0.2, 0.25) is 10.0 Å². The van der Waals surface area contributed by atoms with Crippen LogP contribution in [0.15, 0.2) is 67.0 Å². The van der Waals surface area contributed by atoms with Crippen LogP contribution in [0.25, 0.3) is 0 Å². The molecule has 7 nitrogen and oxygen atoms in total. The molecule has 3 aromatic rings. The first-order valence-electron chi connectivity index (χ1n) is 9.61. The zero-order chi connectivity index (χ0) is 21.3. The van der Waals surface area contributed by atoms with Crippen LogP contribution in [-0.2, 0) is 16.6 Å². The minimum Gasteiger partial charge on any atom is -0.351 e. The maximum atomic E-state index is 11.5. The molecule has 30 heavy (non-hydrogen) atoms. The minimum absolute atomic E-state index is 0.101. The summed E-state index contributed by atoms with van der Waals surface area (Å²) >= 11 is 5.72. The van der Waals surface area contributed by atoms with E-state index < -0.39 is 10.0 Å². The van der Waals surface area contributed by atoms with E-state index in [4.69, 9.17) is 12.2 Å². The molecule has 0 aliphatic carbocycles. The third-order valence-corrected chi connectivity index (χ3v) is 5.98. The van der Waals surface area contributed by atoms with Crippen molar-refractivity contribution < 1.29 is 8.42 Å². The molecular weight excluding hydrogens is 418 g/mol. The molecule has 2 N–H and O–H groups in total. The molecule has 0 unspecified atom stereocenters. The maximum absolute atomic E-state index is 11.5. The van der Waals surface area contributed by atoms with Gasteiger partial charge in [0.1, 0.15) is 6.04 Å². The van der Waals surface area contributed by atoms with Gasteiger partial charge in [0, 0.05) is 36.0 Å². The molecule has 0 radical (unpaired) electrons. The topological polar surface area (TPSA) is 79.3 Å². The van der Waals surface area contributed by atoms with Crippen molar-refractivity contribution in [2.45, 2.75) is 25.6 Å². The number of aromatic nitrogens is 2. The van der Waals surface area contributed by atoms with Gasteiger partial charge in [-0.3, -0.25) is 9.71 Å². The number of hydrogen-bond acceptors (Lipinski definition) is 4. The second-order valence-electron chi connectivity index (χ2n) is 7.14. The standard InChI is InChI=1S/C21H23N5O2S2/c1-3-25-14-6-8-18(25)20-19(17-7-4-5-13-22-17)23-21(29)26(20)16-11-9-15(10-12-16)24-30(2,27)28/h4-14,19-20,24H,3H2,1-2H3,(H,23,29)/t19-,20+/m0/s1. The number of benzene rings is 1. The number of sulfonamides is 1. The lowest BCUT2D eigenvalue weighted by atomic mass is 10.0. The molecule has 1 aliphatic rings. The van der Waals surface area contributed by atoms with Crippen LogP contribution in [0.4, 0.5) is 11.4 Å². The molecular formula is C21H23N5O2S2. The van der Waals surface area contributed by atoms with E-state index in [1.165, 1.54) is 0 Å². The molecule has 1 saturated heterocycles. The van der Waals surface area contributed by atoms with Crippen LogP contribution >= 0.6 is 12.2 Å². The summed E-state index contributed by atoms with van der Waals surface area (Å²) in [5.41, 5.74) is 3.42. The number of hydrogen-bond donors (Lipinski definition) is 2. The summed E-state index contributed by atoms with van der Waals surface area (Å²) < 4.78 is 27.7. The smallest absolute Gasteiger partial charge is 0.229 e. The molecule has 0 spiro atoms. The van der Waals surface area contributed by atoms with E-state index in [1.54, 1.807) is 18.3 Å². The molecule has 1 aliphatic heterocycles. The molecule has 3 heterocycles. The number of rotatable bonds is 6. The predicted molar refractivity (Wildman–Crippen MR) is 123 cm³/mol. The Balaban J connectivity index is 1.76. The fourth-order valence-electron chi connectivity index (χ4n) is 3.82. The zero-order valence-corrected chi connectivity index (χ0v) is 18.3. The average Bonchev–Trinajstić information content (AvgIpc) is 3.32. The van der Waals surface area contributed by atoms with E-state index >= 15 is 0 Å². The summed E-state index contributed by atoms with van der Waals surface area (Å²) in [4.78, 5) is 6.63. The van der Waals surface area contributed by atoms with Crippen molar-refractivity contribution in [2.75, 3.05) is 15.9 Å². The summed E-state index contributed by atoms with van der Waals surface area (Å²) in [6, 6.07) is 17.0. The van der Waals surface area contributed by atoms with Gasteiger partial charge in [-0.15, -0.1) is 0 Å². The fraction of sp³-hybridized carbons (Fsp3) is 0.238. The van der Waals surface area contributed by atoms with Gasteiger partial charge in [-0.25, -0.2) is 8.42 Å². The quantitative estimate of drug-likeness (QED) is 0.571. The number of nitrogens with one attached hydrogen (secondary N) is 2. The van der Waals surface area contributed by atoms with Crippen molar-refractivity contribution in [3.8, 4) is 0 Å². The van der Waals surface area contributed by atoms with Gasteiger partial charge >= 0.3 is 0 Å². The summed E-state index contributed by atoms with van der Waals surface area (Å²) in [5.74, 6) is 0. The normalized spacial score (nSPS) is 19.0. The second kappa shape index (κ2) is 8.08. The Morgan fingerprint density at radius 1 is 1.13 bits per heavy atom. The van der Waals surface area contributed by atoms with Crippen molar-refractivity contribution in [3.63, 3.8) is 0 Å². The van der Waals surface area contributed by atoms with Gasteiger partial charge < -0.3 is 14.8 Å². The number of nitrogens with zero attached hydrogens (tertiary/aromatic N) is 3. The Kier molecular flexibility index (Phi) is 5.48. The lowest BCUT2D eigenvalue weighted by molar-refractivity contribution is 0.529. The van der Waals surface area contributed by atoms with E-state index in [9.17, 15) is 8.42 Å². The highest BCUT2D eigenvalue weighted by Gasteiger charge is 2.41. The van der Waals surface area contributed by atoms with E-state index in [2.05, 4.69) is 43.7 Å². The van der Waals surface area contributed by atoms with Crippen LogP contribution in [0.1, 0.15) is 30.4 Å². The van der Waals surface area contributed by atoms with Crippen molar-refractivity contribution in [1.82, 2.24) is 14.9 Å². The molecule has 2 atom stereocenters. The first kappa shape index (κ1) is 20.4. The van der Waals surface area contributed by atoms with E-state index in [-0.39, 0.29) is 12.1 Å². The van der Waals surface area contributed by atoms with Crippen LogP contribution in [0.2, 0.25) is 0 Å². The molecule has 1 fully saturated rings. The van der Waals surface area contributed by atoms with Crippen LogP contribution < -0.4 is 14.9 Å². The first-order valence-corrected chi connectivity index (χ1v) is 11.9. The van der Waals surface area contributed by atoms with Gasteiger partial charge in [0.05, 0.1) is 18.0 Å². The minimum atomic E-state index is -3.33. The van der Waals surface area contributed by atoms with Crippen LogP contribution in [0.5, 0.6) is 0 Å². The number of anilines is 2. The Morgan fingerprint density at radius 3 is 2.53 bits per heavy atom. The maximum Gasteiger partial charge on any atom is 0.229 e. The zero-order valence-electron chi connectivity index (χ0n) is 16.7.